The van der Waals surface area contributed by atoms with Crippen LogP contribution in [0.1, 0.15) is 27.7 Å². The van der Waals surface area contributed by atoms with Gasteiger partial charge < -0.3 is 0 Å². The van der Waals surface area contributed by atoms with E-state index in [1.165, 1.54) is 12.1 Å². The predicted molar refractivity (Wildman–Crippen MR) is 133 cm³/mol. The molecule has 5 aromatic rings. The van der Waals surface area contributed by atoms with Crippen LogP contribution >= 0.6 is 15.9 Å². The number of hydrogen-bond acceptors (Lipinski definition) is 7. The Morgan fingerprint density at radius 1 is 0.972 bits per heavy atom. The third kappa shape index (κ3) is 3.55. The minimum Gasteiger partial charge on any atom is -0.295 e. The number of benzene rings is 3. The van der Waals surface area contributed by atoms with Crippen LogP contribution in [0.15, 0.2) is 77.3 Å². The molecular weight excluding hydrogens is 528 g/mol. The molecule has 1 amide bonds. The molecule has 0 aliphatic carbocycles. The van der Waals surface area contributed by atoms with Gasteiger partial charge in [-0.15, -0.1) is 10.2 Å². The summed E-state index contributed by atoms with van der Waals surface area (Å²) in [7, 11) is 0. The molecule has 1 atom stereocenters. The Balaban J connectivity index is 1.53. The highest BCUT2D eigenvalue weighted by molar-refractivity contribution is 9.10. The van der Waals surface area contributed by atoms with Crippen LogP contribution < -0.4 is 4.90 Å². The van der Waals surface area contributed by atoms with Crippen molar-refractivity contribution >= 4 is 33.2 Å². The van der Waals surface area contributed by atoms with Crippen molar-refractivity contribution in [2.24, 2.45) is 0 Å². The van der Waals surface area contributed by atoms with Crippen molar-refractivity contribution in [3.05, 3.63) is 104 Å². The molecule has 36 heavy (non-hydrogen) atoms. The van der Waals surface area contributed by atoms with E-state index in [2.05, 4.69) is 46.8 Å². The number of halogens is 1. The maximum atomic E-state index is 13.7. The fourth-order valence-corrected chi connectivity index (χ4v) is 4.68. The minimum absolute atomic E-state index is 0.0331. The van der Waals surface area contributed by atoms with Crippen molar-refractivity contribution in [1.29, 1.82) is 0 Å². The van der Waals surface area contributed by atoms with Gasteiger partial charge in [-0.3, -0.25) is 24.9 Å². The van der Waals surface area contributed by atoms with E-state index in [0.717, 1.165) is 10.0 Å². The molecule has 1 aliphatic rings. The average Bonchev–Trinajstić information content (AvgIpc) is 3.63. The van der Waals surface area contributed by atoms with Crippen molar-refractivity contribution in [2.45, 2.75) is 6.04 Å². The summed E-state index contributed by atoms with van der Waals surface area (Å²) in [6.45, 7) is 0. The summed E-state index contributed by atoms with van der Waals surface area (Å²) in [6, 6.07) is 20.5. The lowest BCUT2D eigenvalue weighted by atomic mass is 9.95. The monoisotopic (exact) mass is 542 g/mol. The molecule has 2 aromatic heterocycles. The van der Waals surface area contributed by atoms with Crippen molar-refractivity contribution in [3.63, 3.8) is 0 Å². The maximum Gasteiger partial charge on any atom is 0.277 e. The second-order valence-corrected chi connectivity index (χ2v) is 9.00. The van der Waals surface area contributed by atoms with Gasteiger partial charge in [0.2, 0.25) is 5.82 Å². The first kappa shape index (κ1) is 21.8. The Kier molecular flexibility index (Phi) is 5.15. The molecule has 2 N–H and O–H groups in total. The minimum atomic E-state index is -0.578. The lowest BCUT2D eigenvalue weighted by Gasteiger charge is -2.26. The van der Waals surface area contributed by atoms with E-state index in [9.17, 15) is 14.9 Å². The Morgan fingerprint density at radius 3 is 2.44 bits per heavy atom. The van der Waals surface area contributed by atoms with Crippen LogP contribution in [0.5, 0.6) is 0 Å². The van der Waals surface area contributed by atoms with E-state index in [4.69, 9.17) is 0 Å². The van der Waals surface area contributed by atoms with Crippen LogP contribution in [0, 0.1) is 10.1 Å². The summed E-state index contributed by atoms with van der Waals surface area (Å²) in [6.07, 6.45) is 0. The molecule has 12 heteroatoms. The number of nitro groups is 1. The number of aromatic amines is 2. The molecule has 0 bridgehead atoms. The van der Waals surface area contributed by atoms with Crippen molar-refractivity contribution in [2.75, 3.05) is 4.90 Å². The number of amides is 1. The molecule has 0 radical (unpaired) electrons. The van der Waals surface area contributed by atoms with Crippen LogP contribution in [0.25, 0.3) is 22.6 Å². The summed E-state index contributed by atoms with van der Waals surface area (Å²) in [5.74, 6) is 0.126. The van der Waals surface area contributed by atoms with Gasteiger partial charge in [0, 0.05) is 39.0 Å². The number of carbonyl (C=O) groups is 1. The van der Waals surface area contributed by atoms with Gasteiger partial charge in [-0.25, -0.2) is 0 Å². The van der Waals surface area contributed by atoms with Gasteiger partial charge >= 0.3 is 0 Å². The highest BCUT2D eigenvalue weighted by Gasteiger charge is 2.43. The van der Waals surface area contributed by atoms with Gasteiger partial charge in [-0.2, -0.15) is 10.3 Å². The Labute approximate surface area is 211 Å². The van der Waals surface area contributed by atoms with Gasteiger partial charge in [0.05, 0.1) is 16.7 Å². The number of H-pyrrole nitrogens is 2. The van der Waals surface area contributed by atoms with Crippen LogP contribution in [0.4, 0.5) is 11.4 Å². The number of nitrogens with one attached hydrogen (secondary N) is 2. The number of hydrogen-bond donors (Lipinski definition) is 2. The number of aromatic nitrogens is 6. The van der Waals surface area contributed by atoms with Crippen LogP contribution in [-0.4, -0.2) is 41.7 Å². The third-order valence-corrected chi connectivity index (χ3v) is 6.56. The Hall–Kier alpha value is -4.71. The molecule has 0 fully saturated rings. The van der Waals surface area contributed by atoms with E-state index >= 15 is 0 Å². The number of fused-ring (bicyclic) bond motifs is 1. The first-order valence-electron chi connectivity index (χ1n) is 10.8. The molecule has 1 aliphatic heterocycles. The maximum absolute atomic E-state index is 13.7. The molecule has 1 unspecified atom stereocenters. The lowest BCUT2D eigenvalue weighted by molar-refractivity contribution is -0.384. The summed E-state index contributed by atoms with van der Waals surface area (Å²) in [4.78, 5) is 26.2. The average molecular weight is 543 g/mol. The highest BCUT2D eigenvalue weighted by Crippen LogP contribution is 2.45. The summed E-state index contributed by atoms with van der Waals surface area (Å²) in [5.41, 5.74) is 4.48. The van der Waals surface area contributed by atoms with Gasteiger partial charge in [0.25, 0.3) is 11.6 Å². The third-order valence-electron chi connectivity index (χ3n) is 6.03. The fraction of sp³-hybridized carbons (Fsp3) is 0.0417. The molecular formula is C24H15BrN8O3. The number of nitro benzene ring substituents is 1. The predicted octanol–water partition coefficient (Wildman–Crippen LogP) is 4.68. The second-order valence-electron chi connectivity index (χ2n) is 8.08. The molecule has 0 saturated carbocycles. The summed E-state index contributed by atoms with van der Waals surface area (Å²) < 4.78 is 0.918. The molecule has 176 valence electrons. The second kappa shape index (κ2) is 8.50. The van der Waals surface area contributed by atoms with E-state index in [1.54, 1.807) is 23.1 Å². The lowest BCUT2D eigenvalue weighted by Crippen LogP contribution is -2.29. The first-order valence-corrected chi connectivity index (χ1v) is 11.6. The smallest absolute Gasteiger partial charge is 0.277 e. The molecule has 3 aromatic carbocycles. The zero-order valence-electron chi connectivity index (χ0n) is 18.3. The van der Waals surface area contributed by atoms with E-state index in [-0.39, 0.29) is 11.6 Å². The van der Waals surface area contributed by atoms with Gasteiger partial charge in [-0.05, 0) is 47.2 Å². The molecule has 0 saturated heterocycles. The quantitative estimate of drug-likeness (QED) is 0.242. The molecule has 6 rings (SSSR count). The number of rotatable bonds is 5. The number of anilines is 1. The molecule has 0 spiro atoms. The topological polar surface area (TPSA) is 147 Å². The van der Waals surface area contributed by atoms with Crippen LogP contribution in [-0.2, 0) is 0 Å². The Bertz CT molecular complexity index is 1600. The number of tetrazole rings is 1. The summed E-state index contributed by atoms with van der Waals surface area (Å²) >= 11 is 3.45. The van der Waals surface area contributed by atoms with Crippen LogP contribution in [0.2, 0.25) is 0 Å². The van der Waals surface area contributed by atoms with E-state index < -0.39 is 11.0 Å². The van der Waals surface area contributed by atoms with Crippen molar-refractivity contribution < 1.29 is 9.72 Å². The highest BCUT2D eigenvalue weighted by atomic mass is 79.9. The zero-order chi connectivity index (χ0) is 24.8. The SMILES string of the molecule is O=C1c2[nH]nc(-c3ccc(Br)cc3)c2C(c2ccc([N+](=O)[O-])cc2)N1c1cccc(-c2nn[nH]n2)c1. The van der Waals surface area contributed by atoms with E-state index in [1.807, 2.05) is 42.5 Å². The molecule has 3 heterocycles. The van der Waals surface area contributed by atoms with Gasteiger partial charge in [0.1, 0.15) is 5.69 Å². The summed E-state index contributed by atoms with van der Waals surface area (Å²) in [5, 5.41) is 32.7. The zero-order valence-corrected chi connectivity index (χ0v) is 19.9. The van der Waals surface area contributed by atoms with E-state index in [0.29, 0.717) is 39.6 Å². The van der Waals surface area contributed by atoms with Gasteiger partial charge in [-0.1, -0.05) is 40.2 Å². The van der Waals surface area contributed by atoms with Crippen LogP contribution in [0.3, 0.4) is 0 Å². The fourth-order valence-electron chi connectivity index (χ4n) is 4.41. The molecule has 11 nitrogen and oxygen atoms in total. The number of non-ortho nitro benzene ring substituents is 1. The Morgan fingerprint density at radius 2 is 1.75 bits per heavy atom. The number of nitrogens with zero attached hydrogens (tertiary/aromatic N) is 6. The standard InChI is InChI=1S/C24H15BrN8O3/c25-16-8-4-13(5-9-16)20-19-21(27-26-20)24(34)32(22(19)14-6-10-17(11-7-14)33(35)36)18-3-1-2-15(12-18)23-28-30-31-29-23/h1-12,22H,(H,26,27)(H,28,29,30,31). The number of carbonyl (C=O) groups excluding carboxylic acids is 1. The van der Waals surface area contributed by atoms with Crippen molar-refractivity contribution in [1.82, 2.24) is 30.8 Å². The van der Waals surface area contributed by atoms with Crippen molar-refractivity contribution in [3.8, 4) is 22.6 Å². The van der Waals surface area contributed by atoms with Gasteiger partial charge in [0.15, 0.2) is 0 Å². The first-order chi connectivity index (χ1) is 17.5. The largest absolute Gasteiger partial charge is 0.295 e. The normalized spacial score (nSPS) is 14.8.